The van der Waals surface area contributed by atoms with Gasteiger partial charge in [-0.15, -0.1) is 0 Å². The average molecular weight is 465 g/mol. The third-order valence-corrected chi connectivity index (χ3v) is 5.32. The Balaban J connectivity index is 1.67. The van der Waals surface area contributed by atoms with Crippen LogP contribution >= 0.6 is 0 Å². The van der Waals surface area contributed by atoms with Gasteiger partial charge in [-0.3, -0.25) is 4.79 Å². The van der Waals surface area contributed by atoms with E-state index < -0.39 is 5.97 Å². The molecule has 0 atom stereocenters. The Morgan fingerprint density at radius 1 is 0.941 bits per heavy atom. The van der Waals surface area contributed by atoms with E-state index in [1.165, 1.54) is 26.4 Å². The van der Waals surface area contributed by atoms with Gasteiger partial charge in [-0.1, -0.05) is 0 Å². The quantitative estimate of drug-likeness (QED) is 0.390. The first-order valence-corrected chi connectivity index (χ1v) is 10.6. The van der Waals surface area contributed by atoms with Crippen LogP contribution < -0.4 is 14.8 Å². The van der Waals surface area contributed by atoms with Crippen LogP contribution in [0.1, 0.15) is 17.4 Å². The molecular weight excluding hydrogens is 441 g/mol. The number of halogens is 1. The number of esters is 1. The van der Waals surface area contributed by atoms with Crippen molar-refractivity contribution < 1.29 is 28.2 Å². The summed E-state index contributed by atoms with van der Waals surface area (Å²) in [5.41, 5.74) is 2.83. The van der Waals surface area contributed by atoms with Crippen LogP contribution in [0.5, 0.6) is 11.5 Å². The van der Waals surface area contributed by atoms with Gasteiger partial charge in [-0.25, -0.2) is 9.18 Å². The first kappa shape index (κ1) is 22.9. The summed E-state index contributed by atoms with van der Waals surface area (Å²) in [6.07, 6.45) is 1.80. The molecule has 0 saturated carbocycles. The fourth-order valence-electron chi connectivity index (χ4n) is 3.77. The molecule has 2 aromatic heterocycles. The normalized spacial score (nSPS) is 10.8. The number of carbonyl (C=O) groups excluding carboxylic acids is 2. The summed E-state index contributed by atoms with van der Waals surface area (Å²) in [6.45, 7) is 1.79. The van der Waals surface area contributed by atoms with Gasteiger partial charge in [0.25, 0.3) is 0 Å². The third kappa shape index (κ3) is 4.45. The second-order valence-corrected chi connectivity index (χ2v) is 7.39. The average Bonchev–Trinajstić information content (AvgIpc) is 3.40. The molecule has 2 aromatic carbocycles. The second-order valence-electron chi connectivity index (χ2n) is 7.39. The van der Waals surface area contributed by atoms with E-state index in [1.807, 2.05) is 4.57 Å². The van der Waals surface area contributed by atoms with E-state index in [9.17, 15) is 14.0 Å². The minimum atomic E-state index is -0.539. The van der Waals surface area contributed by atoms with Crippen molar-refractivity contribution in [2.24, 2.45) is 0 Å². The number of benzene rings is 2. The third-order valence-electron chi connectivity index (χ3n) is 5.32. The highest BCUT2D eigenvalue weighted by Gasteiger charge is 2.21. The van der Waals surface area contributed by atoms with Crippen molar-refractivity contribution in [1.29, 1.82) is 0 Å². The van der Waals surface area contributed by atoms with Gasteiger partial charge in [0.2, 0.25) is 5.91 Å². The van der Waals surface area contributed by atoms with Crippen LogP contribution in [0, 0.1) is 5.82 Å². The molecule has 8 nitrogen and oxygen atoms in total. The maximum Gasteiger partial charge on any atom is 0.355 e. The van der Waals surface area contributed by atoms with Gasteiger partial charge in [0, 0.05) is 23.6 Å². The van der Waals surface area contributed by atoms with Crippen LogP contribution in [0.2, 0.25) is 0 Å². The fraction of sp³-hybridized carbons (Fsp3) is 0.200. The molecule has 0 radical (unpaired) electrons. The second kappa shape index (κ2) is 9.70. The van der Waals surface area contributed by atoms with Crippen molar-refractivity contribution in [3.8, 4) is 17.2 Å². The number of fused-ring (bicyclic) bond motifs is 1. The van der Waals surface area contributed by atoms with Crippen LogP contribution in [-0.4, -0.2) is 41.8 Å². The highest BCUT2D eigenvalue weighted by molar-refractivity contribution is 5.98. The Morgan fingerprint density at radius 2 is 1.68 bits per heavy atom. The van der Waals surface area contributed by atoms with Gasteiger partial charge in [0.05, 0.1) is 31.9 Å². The fourth-order valence-corrected chi connectivity index (χ4v) is 3.77. The molecule has 0 spiro atoms. The molecule has 0 aliphatic heterocycles. The van der Waals surface area contributed by atoms with E-state index in [-0.39, 0.29) is 30.6 Å². The lowest BCUT2D eigenvalue weighted by molar-refractivity contribution is -0.116. The molecule has 9 heteroatoms. The lowest BCUT2D eigenvalue weighted by Gasteiger charge is -2.12. The number of nitrogens with one attached hydrogen (secondary N) is 1. The number of nitrogens with zero attached hydrogens (tertiary/aromatic N) is 2. The van der Waals surface area contributed by atoms with Gasteiger partial charge in [0.1, 0.15) is 18.1 Å². The molecule has 176 valence electrons. The van der Waals surface area contributed by atoms with Crippen LogP contribution in [-0.2, 0) is 16.1 Å². The van der Waals surface area contributed by atoms with Gasteiger partial charge < -0.3 is 28.7 Å². The topological polar surface area (TPSA) is 83.7 Å². The Morgan fingerprint density at radius 3 is 2.35 bits per heavy atom. The number of amides is 1. The summed E-state index contributed by atoms with van der Waals surface area (Å²) in [5.74, 6) is -0.205. The standard InChI is InChI=1S/C25H24FN3O5/c1-4-34-25(31)21-14-20-19(11-12-28(20)18-8-5-16(26)6-9-18)29(21)15-24(30)27-17-7-10-22(32-2)23(13-17)33-3/h5-14H,4,15H2,1-3H3,(H,27,30). The highest BCUT2D eigenvalue weighted by atomic mass is 19.1. The molecule has 0 bridgehead atoms. The van der Waals surface area contributed by atoms with Gasteiger partial charge >= 0.3 is 5.97 Å². The highest BCUT2D eigenvalue weighted by Crippen LogP contribution is 2.30. The van der Waals surface area contributed by atoms with Crippen LogP contribution in [0.4, 0.5) is 10.1 Å². The smallest absolute Gasteiger partial charge is 0.355 e. The molecule has 1 N–H and O–H groups in total. The molecule has 0 fully saturated rings. The van der Waals surface area contributed by atoms with Gasteiger partial charge in [0.15, 0.2) is 11.5 Å². The number of aromatic nitrogens is 2. The minimum absolute atomic E-state index is 0.126. The predicted octanol–water partition coefficient (Wildman–Crippen LogP) is 4.40. The SMILES string of the molecule is CCOC(=O)c1cc2c(ccn2-c2ccc(F)cc2)n1CC(=O)Nc1ccc(OC)c(OC)c1. The summed E-state index contributed by atoms with van der Waals surface area (Å²) >= 11 is 0. The molecular formula is C25H24FN3O5. The van der Waals surface area contributed by atoms with Crippen molar-refractivity contribution in [2.45, 2.75) is 13.5 Å². The number of hydrogen-bond donors (Lipinski definition) is 1. The lowest BCUT2D eigenvalue weighted by atomic mass is 10.2. The van der Waals surface area contributed by atoms with E-state index in [1.54, 1.807) is 60.2 Å². The van der Waals surface area contributed by atoms with Gasteiger partial charge in [-0.05, 0) is 55.5 Å². The van der Waals surface area contributed by atoms with E-state index in [2.05, 4.69) is 5.32 Å². The van der Waals surface area contributed by atoms with Crippen molar-refractivity contribution in [3.05, 3.63) is 72.3 Å². The first-order valence-electron chi connectivity index (χ1n) is 10.6. The summed E-state index contributed by atoms with van der Waals surface area (Å²) in [5, 5.41) is 2.82. The van der Waals surface area contributed by atoms with Crippen LogP contribution in [0.25, 0.3) is 16.7 Å². The van der Waals surface area contributed by atoms with Crippen molar-refractivity contribution in [1.82, 2.24) is 9.13 Å². The van der Waals surface area contributed by atoms with E-state index in [0.29, 0.717) is 28.2 Å². The van der Waals surface area contributed by atoms with Crippen LogP contribution in [0.15, 0.2) is 60.8 Å². The number of ether oxygens (including phenoxy) is 3. The molecule has 0 unspecified atom stereocenters. The monoisotopic (exact) mass is 465 g/mol. The molecule has 0 aliphatic carbocycles. The van der Waals surface area contributed by atoms with Crippen LogP contribution in [0.3, 0.4) is 0 Å². The Bertz CT molecular complexity index is 1340. The number of hydrogen-bond acceptors (Lipinski definition) is 5. The zero-order valence-electron chi connectivity index (χ0n) is 19.0. The van der Waals surface area contributed by atoms with Crippen molar-refractivity contribution >= 4 is 28.6 Å². The van der Waals surface area contributed by atoms with E-state index in [0.717, 1.165) is 5.69 Å². The number of carbonyl (C=O) groups is 2. The largest absolute Gasteiger partial charge is 0.493 e. The van der Waals surface area contributed by atoms with E-state index >= 15 is 0 Å². The molecule has 0 aliphatic rings. The number of anilines is 1. The molecule has 2 heterocycles. The van der Waals surface area contributed by atoms with Gasteiger partial charge in [-0.2, -0.15) is 0 Å². The summed E-state index contributed by atoms with van der Waals surface area (Å²) < 4.78 is 32.5. The summed E-state index contributed by atoms with van der Waals surface area (Å²) in [7, 11) is 3.04. The van der Waals surface area contributed by atoms with Crippen molar-refractivity contribution in [3.63, 3.8) is 0 Å². The summed E-state index contributed by atoms with van der Waals surface area (Å²) in [4.78, 5) is 25.6. The predicted molar refractivity (Wildman–Crippen MR) is 125 cm³/mol. The minimum Gasteiger partial charge on any atom is -0.493 e. The molecule has 0 saturated heterocycles. The Kier molecular flexibility index (Phi) is 6.53. The van der Waals surface area contributed by atoms with E-state index in [4.69, 9.17) is 14.2 Å². The number of rotatable bonds is 8. The molecule has 4 rings (SSSR count). The zero-order valence-corrected chi connectivity index (χ0v) is 19.0. The maximum atomic E-state index is 13.4. The first-order chi connectivity index (χ1) is 16.4. The maximum absolute atomic E-state index is 13.4. The zero-order chi connectivity index (χ0) is 24.2. The number of methoxy groups -OCH3 is 2. The molecule has 4 aromatic rings. The Hall–Kier alpha value is -4.27. The lowest BCUT2D eigenvalue weighted by Crippen LogP contribution is -2.22. The Labute approximate surface area is 195 Å². The van der Waals surface area contributed by atoms with Crippen molar-refractivity contribution in [2.75, 3.05) is 26.1 Å². The summed E-state index contributed by atoms with van der Waals surface area (Å²) in [6, 6.07) is 14.5. The molecule has 34 heavy (non-hydrogen) atoms. The molecule has 1 amide bonds.